The minimum Gasteiger partial charge on any atom is -0.325 e. The third-order valence-electron chi connectivity index (χ3n) is 3.69. The van der Waals surface area contributed by atoms with Gasteiger partial charge < -0.3 is 4.57 Å². The van der Waals surface area contributed by atoms with Gasteiger partial charge in [0.1, 0.15) is 5.82 Å². The Hall–Kier alpha value is -1.02. The first kappa shape index (κ1) is 13.4. The summed E-state index contributed by atoms with van der Waals surface area (Å²) in [5.41, 5.74) is 3.58. The molecule has 0 bridgehead atoms. The van der Waals surface area contributed by atoms with Gasteiger partial charge in [-0.05, 0) is 31.4 Å². The number of para-hydroxylation sites is 1. The lowest BCUT2D eigenvalue weighted by atomic mass is 10.1. The van der Waals surface area contributed by atoms with Gasteiger partial charge in [0, 0.05) is 18.3 Å². The monoisotopic (exact) mass is 264 g/mol. The molecule has 98 valence electrons. The van der Waals surface area contributed by atoms with Gasteiger partial charge >= 0.3 is 0 Å². The van der Waals surface area contributed by atoms with Gasteiger partial charge in [0.15, 0.2) is 0 Å². The van der Waals surface area contributed by atoms with E-state index in [4.69, 9.17) is 16.6 Å². The lowest BCUT2D eigenvalue weighted by Crippen LogP contribution is -2.14. The van der Waals surface area contributed by atoms with E-state index in [-0.39, 0.29) is 0 Å². The van der Waals surface area contributed by atoms with E-state index in [1.807, 2.05) is 0 Å². The highest BCUT2D eigenvalue weighted by atomic mass is 35.5. The van der Waals surface area contributed by atoms with Crippen LogP contribution >= 0.6 is 11.6 Å². The molecule has 2 rings (SSSR count). The highest BCUT2D eigenvalue weighted by Gasteiger charge is 2.18. The summed E-state index contributed by atoms with van der Waals surface area (Å²) in [4.78, 5) is 4.78. The molecule has 0 fully saturated rings. The Morgan fingerprint density at radius 2 is 2.00 bits per heavy atom. The second-order valence-electron chi connectivity index (χ2n) is 5.26. The average molecular weight is 265 g/mol. The zero-order valence-electron chi connectivity index (χ0n) is 11.6. The highest BCUT2D eigenvalue weighted by Crippen LogP contribution is 2.27. The molecule has 2 aromatic rings. The maximum Gasteiger partial charge on any atom is 0.111 e. The van der Waals surface area contributed by atoms with Crippen molar-refractivity contribution in [3.05, 3.63) is 29.6 Å². The highest BCUT2D eigenvalue weighted by molar-refractivity contribution is 6.17. The fraction of sp³-hybridized carbons (Fsp3) is 0.533. The molecule has 0 N–H and O–H groups in total. The number of fused-ring (bicyclic) bond motifs is 1. The molecule has 1 aromatic carbocycles. The SMILES string of the molecule is Cc1cccc2c1nc(CCCl)n2C(C)C(C)C. The molecule has 0 aliphatic carbocycles. The molecule has 0 radical (unpaired) electrons. The van der Waals surface area contributed by atoms with E-state index in [2.05, 4.69) is 50.5 Å². The van der Waals surface area contributed by atoms with Gasteiger partial charge in [-0.2, -0.15) is 0 Å². The number of hydrogen-bond acceptors (Lipinski definition) is 1. The van der Waals surface area contributed by atoms with Crippen molar-refractivity contribution in [2.45, 2.75) is 40.2 Å². The fourth-order valence-electron chi connectivity index (χ4n) is 2.32. The molecule has 1 heterocycles. The molecule has 0 aliphatic rings. The van der Waals surface area contributed by atoms with Crippen molar-refractivity contribution >= 4 is 22.6 Å². The van der Waals surface area contributed by atoms with Gasteiger partial charge in [0.05, 0.1) is 11.0 Å². The van der Waals surface area contributed by atoms with Crippen LogP contribution in [0.3, 0.4) is 0 Å². The first-order valence-corrected chi connectivity index (χ1v) is 7.12. The Bertz CT molecular complexity index is 543. The van der Waals surface area contributed by atoms with Crippen LogP contribution in [0.5, 0.6) is 0 Å². The zero-order chi connectivity index (χ0) is 13.3. The van der Waals surface area contributed by atoms with Gasteiger partial charge in [-0.3, -0.25) is 0 Å². The fourth-order valence-corrected chi connectivity index (χ4v) is 2.49. The lowest BCUT2D eigenvalue weighted by molar-refractivity contribution is 0.407. The lowest BCUT2D eigenvalue weighted by Gasteiger charge is -2.21. The molecule has 0 aliphatic heterocycles. The van der Waals surface area contributed by atoms with Crippen molar-refractivity contribution < 1.29 is 0 Å². The topological polar surface area (TPSA) is 17.8 Å². The number of nitrogens with zero attached hydrogens (tertiary/aromatic N) is 2. The summed E-state index contributed by atoms with van der Waals surface area (Å²) < 4.78 is 2.36. The first-order valence-electron chi connectivity index (χ1n) is 6.58. The minimum absolute atomic E-state index is 0.440. The third kappa shape index (κ3) is 2.26. The summed E-state index contributed by atoms with van der Waals surface area (Å²) in [6, 6.07) is 6.82. The summed E-state index contributed by atoms with van der Waals surface area (Å²) >= 11 is 5.91. The van der Waals surface area contributed by atoms with Crippen molar-refractivity contribution in [1.29, 1.82) is 0 Å². The number of benzene rings is 1. The molecular weight excluding hydrogens is 244 g/mol. The molecule has 1 unspecified atom stereocenters. The number of rotatable bonds is 4. The van der Waals surface area contributed by atoms with E-state index in [1.54, 1.807) is 0 Å². The van der Waals surface area contributed by atoms with Crippen LogP contribution in [0.4, 0.5) is 0 Å². The van der Waals surface area contributed by atoms with Crippen LogP contribution in [0.15, 0.2) is 18.2 Å². The molecule has 0 saturated carbocycles. The number of imidazole rings is 1. The van der Waals surface area contributed by atoms with E-state index in [1.165, 1.54) is 11.1 Å². The predicted octanol–water partition coefficient (Wildman–Crippen LogP) is 4.34. The zero-order valence-corrected chi connectivity index (χ0v) is 12.3. The summed E-state index contributed by atoms with van der Waals surface area (Å²) in [6.45, 7) is 8.86. The molecule has 0 amide bonds. The smallest absolute Gasteiger partial charge is 0.111 e. The molecule has 1 atom stereocenters. The first-order chi connectivity index (χ1) is 8.56. The van der Waals surface area contributed by atoms with E-state index < -0.39 is 0 Å². The Balaban J connectivity index is 2.66. The predicted molar refractivity (Wildman–Crippen MR) is 78.4 cm³/mol. The summed E-state index contributed by atoms with van der Waals surface area (Å²) in [5.74, 6) is 2.31. The second-order valence-corrected chi connectivity index (χ2v) is 5.64. The average Bonchev–Trinajstić information content (AvgIpc) is 2.68. The van der Waals surface area contributed by atoms with Gasteiger partial charge in [0.2, 0.25) is 0 Å². The third-order valence-corrected chi connectivity index (χ3v) is 3.87. The normalized spacial score (nSPS) is 13.4. The standard InChI is InChI=1S/C15H21ClN2/c1-10(2)12(4)18-13-7-5-6-11(3)15(13)17-14(18)8-9-16/h5-7,10,12H,8-9H2,1-4H3. The van der Waals surface area contributed by atoms with Gasteiger partial charge in [-0.15, -0.1) is 11.6 Å². The van der Waals surface area contributed by atoms with Gasteiger partial charge in [-0.25, -0.2) is 4.98 Å². The van der Waals surface area contributed by atoms with Gasteiger partial charge in [0.25, 0.3) is 0 Å². The van der Waals surface area contributed by atoms with E-state index in [0.29, 0.717) is 17.8 Å². The number of hydrogen-bond donors (Lipinski definition) is 0. The van der Waals surface area contributed by atoms with Crippen molar-refractivity contribution in [3.63, 3.8) is 0 Å². The molecule has 0 saturated heterocycles. The Morgan fingerprint density at radius 3 is 2.61 bits per heavy atom. The summed E-state index contributed by atoms with van der Waals surface area (Å²) in [6.07, 6.45) is 0.826. The molecule has 18 heavy (non-hydrogen) atoms. The Morgan fingerprint density at radius 1 is 1.28 bits per heavy atom. The maximum atomic E-state index is 5.91. The minimum atomic E-state index is 0.440. The van der Waals surface area contributed by atoms with Crippen LogP contribution < -0.4 is 0 Å². The van der Waals surface area contributed by atoms with Crippen molar-refractivity contribution in [1.82, 2.24) is 9.55 Å². The van der Waals surface area contributed by atoms with Gasteiger partial charge in [-0.1, -0.05) is 26.0 Å². The number of aromatic nitrogens is 2. The maximum absolute atomic E-state index is 5.91. The van der Waals surface area contributed by atoms with Crippen LogP contribution in [0, 0.1) is 12.8 Å². The van der Waals surface area contributed by atoms with Crippen molar-refractivity contribution in [3.8, 4) is 0 Å². The quantitative estimate of drug-likeness (QED) is 0.751. The van der Waals surface area contributed by atoms with Crippen molar-refractivity contribution in [2.24, 2.45) is 5.92 Å². The van der Waals surface area contributed by atoms with E-state index >= 15 is 0 Å². The van der Waals surface area contributed by atoms with Crippen molar-refractivity contribution in [2.75, 3.05) is 5.88 Å². The second kappa shape index (κ2) is 5.31. The van der Waals surface area contributed by atoms with E-state index in [0.717, 1.165) is 17.8 Å². The Labute approximate surface area is 114 Å². The number of halogens is 1. The molecule has 0 spiro atoms. The van der Waals surface area contributed by atoms with Crippen LogP contribution in [-0.2, 0) is 6.42 Å². The van der Waals surface area contributed by atoms with Crippen LogP contribution in [0.25, 0.3) is 11.0 Å². The molecule has 3 heteroatoms. The summed E-state index contributed by atoms with van der Waals surface area (Å²) in [5, 5.41) is 0. The largest absolute Gasteiger partial charge is 0.325 e. The Kier molecular flexibility index (Phi) is 3.96. The van der Waals surface area contributed by atoms with E-state index in [9.17, 15) is 0 Å². The van der Waals surface area contributed by atoms with Crippen LogP contribution in [0.2, 0.25) is 0 Å². The number of alkyl halides is 1. The van der Waals surface area contributed by atoms with Crippen LogP contribution in [-0.4, -0.2) is 15.4 Å². The summed E-state index contributed by atoms with van der Waals surface area (Å²) in [7, 11) is 0. The molecule has 2 nitrogen and oxygen atoms in total. The number of aryl methyl sites for hydroxylation is 2. The molecule has 1 aromatic heterocycles. The van der Waals surface area contributed by atoms with Crippen LogP contribution in [0.1, 0.15) is 38.2 Å². The molecular formula is C15H21ClN2.